The summed E-state index contributed by atoms with van der Waals surface area (Å²) in [6.45, 7) is 4.53. The molecule has 0 aliphatic heterocycles. The van der Waals surface area contributed by atoms with Gasteiger partial charge in [-0.15, -0.1) is 0 Å². The third-order valence-corrected chi connectivity index (χ3v) is 7.16. The second-order valence-corrected chi connectivity index (χ2v) is 8.38. The van der Waals surface area contributed by atoms with Gasteiger partial charge in [-0.25, -0.2) is 0 Å². The van der Waals surface area contributed by atoms with E-state index in [1.807, 2.05) is 12.1 Å². The predicted octanol–water partition coefficient (Wildman–Crippen LogP) is 4.34. The van der Waals surface area contributed by atoms with Crippen molar-refractivity contribution in [3.05, 3.63) is 41.5 Å². The Kier molecular flexibility index (Phi) is 3.39. The minimum atomic E-state index is -0.118. The average molecular weight is 312 g/mol. The summed E-state index contributed by atoms with van der Waals surface area (Å²) in [5.41, 5.74) is 3.16. The van der Waals surface area contributed by atoms with Crippen LogP contribution in [0.25, 0.3) is 0 Å². The highest BCUT2D eigenvalue weighted by molar-refractivity contribution is 5.46. The Morgan fingerprint density at radius 2 is 2.04 bits per heavy atom. The quantitative estimate of drug-likeness (QED) is 0.757. The van der Waals surface area contributed by atoms with Gasteiger partial charge in [0.15, 0.2) is 0 Å². The third kappa shape index (κ3) is 2.11. The van der Waals surface area contributed by atoms with Gasteiger partial charge in [0.05, 0.1) is 6.10 Å². The number of aromatic hydroxyl groups is 1. The topological polar surface area (TPSA) is 40.5 Å². The van der Waals surface area contributed by atoms with Crippen LogP contribution in [-0.4, -0.2) is 16.3 Å². The average Bonchev–Trinajstić information content (AvgIpc) is 2.81. The zero-order chi connectivity index (χ0) is 16.2. The molecule has 0 saturated heterocycles. The fourth-order valence-corrected chi connectivity index (χ4v) is 6.26. The molecule has 4 rings (SSSR count). The molecule has 5 atom stereocenters. The number of aliphatic hydroxyl groups is 1. The Hall–Kier alpha value is -1.28. The van der Waals surface area contributed by atoms with Gasteiger partial charge in [0.1, 0.15) is 5.75 Å². The summed E-state index contributed by atoms with van der Waals surface area (Å²) in [6, 6.07) is 5.97. The van der Waals surface area contributed by atoms with E-state index in [0.717, 1.165) is 19.3 Å². The summed E-state index contributed by atoms with van der Waals surface area (Å²) in [6.07, 6.45) is 11.0. The van der Waals surface area contributed by atoms with E-state index in [1.54, 1.807) is 0 Å². The Bertz CT molecular complexity index is 649. The minimum absolute atomic E-state index is 0.101. The lowest BCUT2D eigenvalue weighted by molar-refractivity contribution is 0.0275. The zero-order valence-electron chi connectivity index (χ0n) is 14.3. The van der Waals surface area contributed by atoms with Crippen LogP contribution in [0, 0.1) is 17.3 Å². The first-order valence-corrected chi connectivity index (χ1v) is 9.13. The highest BCUT2D eigenvalue weighted by atomic mass is 16.3. The van der Waals surface area contributed by atoms with Crippen LogP contribution in [-0.2, 0) is 11.8 Å². The summed E-state index contributed by atoms with van der Waals surface area (Å²) in [5, 5.41) is 20.2. The molecule has 23 heavy (non-hydrogen) atoms. The molecule has 0 aromatic heterocycles. The molecule has 3 aliphatic rings. The molecule has 0 radical (unpaired) electrons. The molecule has 0 bridgehead atoms. The Morgan fingerprint density at radius 3 is 2.83 bits per heavy atom. The van der Waals surface area contributed by atoms with Gasteiger partial charge in [-0.05, 0) is 86.0 Å². The van der Waals surface area contributed by atoms with Gasteiger partial charge in [0.25, 0.3) is 0 Å². The van der Waals surface area contributed by atoms with Crippen LogP contribution >= 0.6 is 0 Å². The molecule has 124 valence electrons. The summed E-state index contributed by atoms with van der Waals surface area (Å²) >= 11 is 0. The van der Waals surface area contributed by atoms with Gasteiger partial charge in [-0.1, -0.05) is 25.1 Å². The molecular formula is C21H28O2. The van der Waals surface area contributed by atoms with Crippen molar-refractivity contribution in [1.29, 1.82) is 0 Å². The van der Waals surface area contributed by atoms with Gasteiger partial charge in [-0.2, -0.15) is 0 Å². The van der Waals surface area contributed by atoms with E-state index in [2.05, 4.69) is 32.1 Å². The summed E-state index contributed by atoms with van der Waals surface area (Å²) in [4.78, 5) is 0. The van der Waals surface area contributed by atoms with Crippen molar-refractivity contribution in [2.75, 3.05) is 0 Å². The van der Waals surface area contributed by atoms with Gasteiger partial charge < -0.3 is 10.2 Å². The summed E-state index contributed by atoms with van der Waals surface area (Å²) in [5.74, 6) is 1.62. The van der Waals surface area contributed by atoms with Gasteiger partial charge in [-0.3, -0.25) is 0 Å². The second-order valence-electron chi connectivity index (χ2n) is 8.38. The molecule has 2 N–H and O–H groups in total. The first-order chi connectivity index (χ1) is 11.0. The van der Waals surface area contributed by atoms with E-state index in [1.165, 1.54) is 30.4 Å². The number of phenols is 1. The lowest BCUT2D eigenvalue weighted by Gasteiger charge is -2.55. The number of allylic oxidation sites excluding steroid dienone is 2. The number of phenolic OH excluding ortho intramolecular Hbond substituents is 1. The summed E-state index contributed by atoms with van der Waals surface area (Å²) < 4.78 is 0. The zero-order valence-corrected chi connectivity index (χ0v) is 14.3. The largest absolute Gasteiger partial charge is 0.508 e. The molecule has 2 saturated carbocycles. The minimum Gasteiger partial charge on any atom is -0.508 e. The molecule has 2 unspecified atom stereocenters. The van der Waals surface area contributed by atoms with E-state index in [9.17, 15) is 10.2 Å². The van der Waals surface area contributed by atoms with E-state index < -0.39 is 0 Å². The first kappa shape index (κ1) is 15.3. The highest BCUT2D eigenvalue weighted by Crippen LogP contribution is 2.63. The maximum Gasteiger partial charge on any atom is 0.115 e. The van der Waals surface area contributed by atoms with Crippen LogP contribution in [0.2, 0.25) is 0 Å². The van der Waals surface area contributed by atoms with Crippen LogP contribution in [0.15, 0.2) is 30.4 Å². The lowest BCUT2D eigenvalue weighted by Crippen LogP contribution is -2.49. The van der Waals surface area contributed by atoms with Crippen LogP contribution in [0.3, 0.4) is 0 Å². The van der Waals surface area contributed by atoms with Crippen molar-refractivity contribution < 1.29 is 10.2 Å². The van der Waals surface area contributed by atoms with Crippen molar-refractivity contribution in [3.63, 3.8) is 0 Å². The van der Waals surface area contributed by atoms with E-state index >= 15 is 0 Å². The Labute approximate surface area is 139 Å². The van der Waals surface area contributed by atoms with E-state index in [4.69, 9.17) is 0 Å². The van der Waals surface area contributed by atoms with E-state index in [-0.39, 0.29) is 11.5 Å². The third-order valence-electron chi connectivity index (χ3n) is 7.16. The van der Waals surface area contributed by atoms with Crippen LogP contribution in [0.1, 0.15) is 57.1 Å². The fraction of sp³-hybridized carbons (Fsp3) is 0.619. The van der Waals surface area contributed by atoms with Crippen molar-refractivity contribution in [2.24, 2.45) is 17.3 Å². The van der Waals surface area contributed by atoms with Crippen molar-refractivity contribution in [2.45, 2.75) is 63.9 Å². The number of aliphatic hydroxyl groups excluding tert-OH is 1. The normalized spacial score (nSPS) is 42.3. The summed E-state index contributed by atoms with van der Waals surface area (Å²) in [7, 11) is 0. The van der Waals surface area contributed by atoms with Crippen molar-refractivity contribution >= 4 is 0 Å². The number of rotatable bonds is 1. The molecule has 0 heterocycles. The number of benzene rings is 1. The number of hydrogen-bond acceptors (Lipinski definition) is 2. The molecule has 0 spiro atoms. The standard InChI is InChI=1S/C21H28O2/c1-3-8-21-10-9-20(2)13-16(23)12-19(20)18(21)6-4-14-11-15(22)5-7-17(14)21/h3,5,7-8,11,16,18-19,22-23H,4,6,9-10,12-13H2,1-2H3/t16?,18-,19-,20+,21?/m0/s1. The van der Waals surface area contributed by atoms with Crippen molar-refractivity contribution in [3.8, 4) is 5.75 Å². The van der Waals surface area contributed by atoms with Crippen molar-refractivity contribution in [1.82, 2.24) is 0 Å². The number of fused-ring (bicyclic) bond motifs is 5. The second kappa shape index (κ2) is 5.11. The number of hydrogen-bond donors (Lipinski definition) is 2. The maximum absolute atomic E-state index is 10.3. The molecule has 3 aliphatic carbocycles. The van der Waals surface area contributed by atoms with Crippen LogP contribution in [0.5, 0.6) is 5.75 Å². The SMILES string of the molecule is CC=CC12CC[C@]3(C)CC(O)C[C@H]3[C@@H]1CCc1cc(O)ccc12. The molecule has 1 aromatic rings. The van der Waals surface area contributed by atoms with Gasteiger partial charge >= 0.3 is 0 Å². The predicted molar refractivity (Wildman–Crippen MR) is 92.5 cm³/mol. The van der Waals surface area contributed by atoms with Crippen LogP contribution < -0.4 is 0 Å². The lowest BCUT2D eigenvalue weighted by atomic mass is 9.48. The molecule has 2 nitrogen and oxygen atoms in total. The molecular weight excluding hydrogens is 284 g/mol. The highest BCUT2D eigenvalue weighted by Gasteiger charge is 2.57. The van der Waals surface area contributed by atoms with Crippen LogP contribution in [0.4, 0.5) is 0 Å². The molecule has 2 fully saturated rings. The Morgan fingerprint density at radius 1 is 1.22 bits per heavy atom. The monoisotopic (exact) mass is 312 g/mol. The van der Waals surface area contributed by atoms with Gasteiger partial charge in [0, 0.05) is 5.41 Å². The Balaban J connectivity index is 1.84. The fourth-order valence-electron chi connectivity index (χ4n) is 6.26. The molecule has 0 amide bonds. The van der Waals surface area contributed by atoms with E-state index in [0.29, 0.717) is 23.0 Å². The molecule has 1 aromatic carbocycles. The smallest absolute Gasteiger partial charge is 0.115 e. The molecule has 2 heteroatoms. The maximum atomic E-state index is 10.3. The van der Waals surface area contributed by atoms with Gasteiger partial charge in [0.2, 0.25) is 0 Å². The number of aryl methyl sites for hydroxylation is 1. The first-order valence-electron chi connectivity index (χ1n) is 9.13.